The molecule has 2 heterocycles. The number of pyridine rings is 1. The van der Waals surface area contributed by atoms with Gasteiger partial charge in [0.15, 0.2) is 0 Å². The second-order valence-corrected chi connectivity index (χ2v) is 12.2. The second-order valence-electron chi connectivity index (χ2n) is 5.79. The molecule has 0 saturated heterocycles. The third-order valence-corrected chi connectivity index (χ3v) is 5.19. The predicted octanol–water partition coefficient (Wildman–Crippen LogP) is 4.66. The fourth-order valence-corrected chi connectivity index (χ4v) is 3.12. The number of ether oxygens (including phenoxy) is 1. The van der Waals surface area contributed by atoms with Gasteiger partial charge in [-0.3, -0.25) is 0 Å². The van der Waals surface area contributed by atoms with E-state index in [0.717, 1.165) is 23.7 Å². The molecule has 0 N–H and O–H groups in total. The summed E-state index contributed by atoms with van der Waals surface area (Å²) in [6, 6.07) is 2.89. The zero-order valence-corrected chi connectivity index (χ0v) is 13.9. The van der Waals surface area contributed by atoms with Crippen molar-refractivity contribution in [1.29, 1.82) is 0 Å². The summed E-state index contributed by atoms with van der Waals surface area (Å²) >= 11 is 12.3. The molecule has 0 fully saturated rings. The summed E-state index contributed by atoms with van der Waals surface area (Å²) in [6.07, 6.45) is 3.50. The van der Waals surface area contributed by atoms with Crippen LogP contribution in [0.4, 0.5) is 0 Å². The maximum Gasteiger partial charge on any atom is 0.144 e. The Morgan fingerprint density at radius 3 is 2.68 bits per heavy atom. The van der Waals surface area contributed by atoms with Gasteiger partial charge in [-0.05, 0) is 12.1 Å². The van der Waals surface area contributed by atoms with Crippen LogP contribution in [0.15, 0.2) is 18.5 Å². The summed E-state index contributed by atoms with van der Waals surface area (Å²) in [5, 5.41) is 2.03. The van der Waals surface area contributed by atoms with E-state index in [-0.39, 0.29) is 0 Å². The quantitative estimate of drug-likeness (QED) is 0.592. The molecule has 0 spiro atoms. The summed E-state index contributed by atoms with van der Waals surface area (Å²) < 4.78 is 7.61. The van der Waals surface area contributed by atoms with Crippen LogP contribution in [0.25, 0.3) is 11.0 Å². The molecule has 2 aromatic heterocycles. The molecule has 0 amide bonds. The highest BCUT2D eigenvalue weighted by molar-refractivity contribution is 6.76. The van der Waals surface area contributed by atoms with Crippen molar-refractivity contribution in [3.8, 4) is 0 Å². The summed E-state index contributed by atoms with van der Waals surface area (Å²) in [5.74, 6) is 0. The number of nitrogens with zero attached hydrogens (tertiary/aromatic N) is 2. The van der Waals surface area contributed by atoms with Gasteiger partial charge in [0.05, 0.1) is 15.4 Å². The Bertz CT molecular complexity index is 578. The van der Waals surface area contributed by atoms with Crippen LogP contribution in [0.5, 0.6) is 0 Å². The van der Waals surface area contributed by atoms with Crippen LogP contribution in [0, 0.1) is 0 Å². The molecule has 6 heteroatoms. The van der Waals surface area contributed by atoms with Crippen molar-refractivity contribution in [1.82, 2.24) is 9.55 Å². The number of hydrogen-bond acceptors (Lipinski definition) is 2. The van der Waals surface area contributed by atoms with Gasteiger partial charge in [0.25, 0.3) is 0 Å². The van der Waals surface area contributed by atoms with E-state index in [4.69, 9.17) is 27.9 Å². The standard InChI is InChI=1S/C13H18Cl2N2OSi/c1-19(2,3)7-6-18-9-17-8-11(15)12-10(14)4-5-16-13(12)17/h4-5,8H,6-7,9H2,1-3H3. The molecule has 0 aliphatic heterocycles. The van der Waals surface area contributed by atoms with Gasteiger partial charge in [0.2, 0.25) is 0 Å². The van der Waals surface area contributed by atoms with Gasteiger partial charge in [0.1, 0.15) is 12.4 Å². The van der Waals surface area contributed by atoms with Crippen LogP contribution >= 0.6 is 23.2 Å². The summed E-state index contributed by atoms with van der Waals surface area (Å²) in [7, 11) is -1.05. The number of hydrogen-bond donors (Lipinski definition) is 0. The van der Waals surface area contributed by atoms with E-state index < -0.39 is 8.07 Å². The Hall–Kier alpha value is -0.553. The Morgan fingerprint density at radius 1 is 1.26 bits per heavy atom. The second kappa shape index (κ2) is 5.83. The van der Waals surface area contributed by atoms with Crippen LogP contribution in [0.3, 0.4) is 0 Å². The minimum absolute atomic E-state index is 0.459. The van der Waals surface area contributed by atoms with Crippen LogP contribution in [0.2, 0.25) is 35.7 Å². The molecule has 19 heavy (non-hydrogen) atoms. The fraction of sp³-hybridized carbons (Fsp3) is 0.462. The molecule has 0 unspecified atom stereocenters. The van der Waals surface area contributed by atoms with E-state index >= 15 is 0 Å². The van der Waals surface area contributed by atoms with Gasteiger partial charge in [-0.15, -0.1) is 0 Å². The molecule has 2 aromatic rings. The summed E-state index contributed by atoms with van der Waals surface area (Å²) in [4.78, 5) is 4.31. The van der Waals surface area contributed by atoms with Gasteiger partial charge in [-0.2, -0.15) is 0 Å². The fourth-order valence-electron chi connectivity index (χ4n) is 1.77. The zero-order chi connectivity index (χ0) is 14.0. The molecule has 0 aromatic carbocycles. The average molecular weight is 317 g/mol. The van der Waals surface area contributed by atoms with Crippen LogP contribution < -0.4 is 0 Å². The highest BCUT2D eigenvalue weighted by atomic mass is 35.5. The van der Waals surface area contributed by atoms with Crippen molar-refractivity contribution in [2.45, 2.75) is 32.4 Å². The van der Waals surface area contributed by atoms with Gasteiger partial charge < -0.3 is 9.30 Å². The monoisotopic (exact) mass is 316 g/mol. The maximum absolute atomic E-state index is 6.17. The Labute approximate surface area is 124 Å². The van der Waals surface area contributed by atoms with Gasteiger partial charge in [0, 0.05) is 27.1 Å². The summed E-state index contributed by atoms with van der Waals surface area (Å²) in [5.41, 5.74) is 0.769. The van der Waals surface area contributed by atoms with Gasteiger partial charge in [-0.1, -0.05) is 42.8 Å². The van der Waals surface area contributed by atoms with Crippen LogP contribution in [-0.2, 0) is 11.5 Å². The molecular formula is C13H18Cl2N2OSi. The van der Waals surface area contributed by atoms with E-state index in [2.05, 4.69) is 24.6 Å². The van der Waals surface area contributed by atoms with Crippen molar-refractivity contribution >= 4 is 42.3 Å². The average Bonchev–Trinajstić information content (AvgIpc) is 2.62. The molecule has 104 valence electrons. The highest BCUT2D eigenvalue weighted by Gasteiger charge is 2.13. The third-order valence-electron chi connectivity index (χ3n) is 2.89. The van der Waals surface area contributed by atoms with Gasteiger partial charge in [-0.25, -0.2) is 4.98 Å². The molecule has 0 radical (unpaired) electrons. The van der Waals surface area contributed by atoms with E-state index in [1.807, 2.05) is 10.8 Å². The van der Waals surface area contributed by atoms with Crippen molar-refractivity contribution in [2.24, 2.45) is 0 Å². The molecule has 2 rings (SSSR count). The first-order valence-electron chi connectivity index (χ1n) is 6.25. The lowest BCUT2D eigenvalue weighted by molar-refractivity contribution is 0.0899. The molecule has 0 aliphatic rings. The SMILES string of the molecule is C[Si](C)(C)CCOCn1cc(Cl)c2c(Cl)ccnc21. The lowest BCUT2D eigenvalue weighted by atomic mass is 10.3. The van der Waals surface area contributed by atoms with Crippen molar-refractivity contribution < 1.29 is 4.74 Å². The first-order chi connectivity index (χ1) is 8.88. The van der Waals surface area contributed by atoms with E-state index in [0.29, 0.717) is 16.8 Å². The van der Waals surface area contributed by atoms with Crippen molar-refractivity contribution in [3.63, 3.8) is 0 Å². The van der Waals surface area contributed by atoms with E-state index in [1.165, 1.54) is 0 Å². The predicted molar refractivity (Wildman–Crippen MR) is 83.9 cm³/mol. The smallest absolute Gasteiger partial charge is 0.144 e. The Balaban J connectivity index is 2.08. The molecule has 0 aliphatic carbocycles. The van der Waals surface area contributed by atoms with Crippen LogP contribution in [0.1, 0.15) is 0 Å². The first kappa shape index (κ1) is 14.8. The first-order valence-corrected chi connectivity index (χ1v) is 10.7. The Morgan fingerprint density at radius 2 is 2.00 bits per heavy atom. The molecule has 3 nitrogen and oxygen atoms in total. The van der Waals surface area contributed by atoms with Gasteiger partial charge >= 0.3 is 0 Å². The zero-order valence-electron chi connectivity index (χ0n) is 11.4. The third kappa shape index (κ3) is 3.72. The van der Waals surface area contributed by atoms with Crippen LogP contribution in [-0.4, -0.2) is 24.2 Å². The molecule has 0 bridgehead atoms. The molecular weight excluding hydrogens is 299 g/mol. The maximum atomic E-state index is 6.17. The molecule has 0 atom stereocenters. The van der Waals surface area contributed by atoms with E-state index in [9.17, 15) is 0 Å². The topological polar surface area (TPSA) is 27.1 Å². The van der Waals surface area contributed by atoms with Crippen molar-refractivity contribution in [2.75, 3.05) is 6.61 Å². The summed E-state index contributed by atoms with van der Waals surface area (Å²) in [6.45, 7) is 8.23. The van der Waals surface area contributed by atoms with E-state index in [1.54, 1.807) is 12.3 Å². The lowest BCUT2D eigenvalue weighted by Gasteiger charge is -2.15. The number of aromatic nitrogens is 2. The lowest BCUT2D eigenvalue weighted by Crippen LogP contribution is -2.22. The molecule has 0 saturated carbocycles. The number of halogens is 2. The van der Waals surface area contributed by atoms with Crippen molar-refractivity contribution in [3.05, 3.63) is 28.5 Å². The Kier molecular flexibility index (Phi) is 4.56. The largest absolute Gasteiger partial charge is 0.361 e. The highest BCUT2D eigenvalue weighted by Crippen LogP contribution is 2.30. The normalized spacial score (nSPS) is 12.3. The minimum atomic E-state index is -1.05. The minimum Gasteiger partial charge on any atom is -0.361 e. The number of rotatable bonds is 5. The number of fused-ring (bicyclic) bond motifs is 1.